The highest BCUT2D eigenvalue weighted by Crippen LogP contribution is 2.39. The number of nitrogens with zero attached hydrogens (tertiary/aromatic N) is 2. The molecule has 1 aliphatic rings. The number of likely N-dealkylation sites (N-methyl/N-ethyl adjacent to an activating group) is 1. The predicted molar refractivity (Wildman–Crippen MR) is 122 cm³/mol. The van der Waals surface area contributed by atoms with E-state index in [0.717, 1.165) is 0 Å². The first-order valence-electron chi connectivity index (χ1n) is 9.49. The maximum absolute atomic E-state index is 13.2. The van der Waals surface area contributed by atoms with Crippen LogP contribution in [0.2, 0.25) is 5.02 Å². The number of aliphatic imine (C=N–C) groups is 1. The molecule has 0 bridgehead atoms. The third-order valence-corrected chi connectivity index (χ3v) is 5.65. The number of ether oxygens (including phenoxy) is 3. The first-order chi connectivity index (χ1) is 15.4. The highest BCUT2D eigenvalue weighted by Gasteiger charge is 2.32. The van der Waals surface area contributed by atoms with Crippen LogP contribution >= 0.6 is 23.4 Å². The molecule has 0 aliphatic carbocycles. The molecule has 0 aromatic heterocycles. The van der Waals surface area contributed by atoms with E-state index < -0.39 is 5.97 Å². The number of carbonyl (C=O) groups is 2. The maximum atomic E-state index is 13.2. The van der Waals surface area contributed by atoms with E-state index in [0.29, 0.717) is 33.6 Å². The van der Waals surface area contributed by atoms with E-state index >= 15 is 0 Å². The number of halogens is 2. The van der Waals surface area contributed by atoms with Crippen LogP contribution in [0, 0.1) is 5.82 Å². The molecular formula is C22H20ClFN2O5S. The number of hydrogen-bond acceptors (Lipinski definition) is 7. The summed E-state index contributed by atoms with van der Waals surface area (Å²) in [6.07, 6.45) is 1.67. The van der Waals surface area contributed by atoms with E-state index in [1.165, 1.54) is 43.0 Å². The Morgan fingerprint density at radius 2 is 1.97 bits per heavy atom. The lowest BCUT2D eigenvalue weighted by molar-refractivity contribution is -0.142. The molecule has 0 N–H and O–H groups in total. The molecule has 2 aromatic rings. The van der Waals surface area contributed by atoms with Crippen molar-refractivity contribution in [3.05, 3.63) is 57.7 Å². The molecule has 0 radical (unpaired) electrons. The second-order valence-corrected chi connectivity index (χ2v) is 7.85. The molecule has 0 saturated carbocycles. The van der Waals surface area contributed by atoms with Crippen molar-refractivity contribution in [1.29, 1.82) is 0 Å². The van der Waals surface area contributed by atoms with Crippen LogP contribution in [0.25, 0.3) is 6.08 Å². The molecule has 3 rings (SSSR count). The maximum Gasteiger partial charge on any atom is 0.343 e. The highest BCUT2D eigenvalue weighted by molar-refractivity contribution is 8.18. The predicted octanol–water partition coefficient (Wildman–Crippen LogP) is 4.66. The van der Waals surface area contributed by atoms with Gasteiger partial charge in [-0.3, -0.25) is 9.69 Å². The van der Waals surface area contributed by atoms with E-state index in [-0.39, 0.29) is 29.1 Å². The fourth-order valence-electron chi connectivity index (χ4n) is 2.80. The normalized spacial score (nSPS) is 16.0. The van der Waals surface area contributed by atoms with Gasteiger partial charge in [-0.15, -0.1) is 0 Å². The van der Waals surface area contributed by atoms with Gasteiger partial charge in [0.15, 0.2) is 23.3 Å². The first-order valence-corrected chi connectivity index (χ1v) is 10.7. The monoisotopic (exact) mass is 478 g/mol. The topological polar surface area (TPSA) is 77.4 Å². The van der Waals surface area contributed by atoms with Crippen LogP contribution in [-0.4, -0.2) is 49.3 Å². The number of hydrogen-bond donors (Lipinski definition) is 0. The molecule has 0 spiro atoms. The van der Waals surface area contributed by atoms with Gasteiger partial charge >= 0.3 is 5.97 Å². The van der Waals surface area contributed by atoms with Gasteiger partial charge in [0.05, 0.1) is 29.8 Å². The summed E-state index contributed by atoms with van der Waals surface area (Å²) in [6.45, 7) is 1.94. The Labute approximate surface area is 193 Å². The second kappa shape index (κ2) is 10.5. The van der Waals surface area contributed by atoms with Crippen LogP contribution in [0.15, 0.2) is 46.3 Å². The number of benzene rings is 2. The molecule has 7 nitrogen and oxygen atoms in total. The first kappa shape index (κ1) is 23.6. The zero-order valence-corrected chi connectivity index (χ0v) is 19.1. The molecule has 0 atom stereocenters. The number of thioether (sulfide) groups is 1. The molecule has 1 saturated heterocycles. The molecule has 168 valence electrons. The lowest BCUT2D eigenvalue weighted by atomic mass is 10.1. The van der Waals surface area contributed by atoms with Gasteiger partial charge in [0, 0.05) is 6.54 Å². The van der Waals surface area contributed by atoms with Crippen molar-refractivity contribution in [2.45, 2.75) is 6.92 Å². The molecule has 1 aliphatic heterocycles. The van der Waals surface area contributed by atoms with Crippen molar-refractivity contribution in [2.24, 2.45) is 4.99 Å². The molecule has 10 heteroatoms. The Bertz CT molecular complexity index is 1090. The summed E-state index contributed by atoms with van der Waals surface area (Å²) in [5.41, 5.74) is 1.14. The number of amides is 1. The van der Waals surface area contributed by atoms with Crippen LogP contribution in [0.5, 0.6) is 11.5 Å². The van der Waals surface area contributed by atoms with Gasteiger partial charge < -0.3 is 14.2 Å². The van der Waals surface area contributed by atoms with E-state index in [9.17, 15) is 14.0 Å². The molecular weight excluding hydrogens is 459 g/mol. The van der Waals surface area contributed by atoms with Crippen LogP contribution in [0.1, 0.15) is 12.5 Å². The van der Waals surface area contributed by atoms with Crippen molar-refractivity contribution in [3.8, 4) is 11.5 Å². The third-order valence-electron chi connectivity index (χ3n) is 4.37. The number of amidine groups is 1. The van der Waals surface area contributed by atoms with Gasteiger partial charge in [-0.1, -0.05) is 11.6 Å². The largest absolute Gasteiger partial charge is 0.493 e. The number of carbonyl (C=O) groups excluding carboxylic acids is 2. The Balaban J connectivity index is 1.90. The number of esters is 1. The fraction of sp³-hybridized carbons (Fsp3) is 0.227. The molecule has 1 amide bonds. The summed E-state index contributed by atoms with van der Waals surface area (Å²) >= 11 is 7.53. The van der Waals surface area contributed by atoms with Gasteiger partial charge in [0.2, 0.25) is 0 Å². The van der Waals surface area contributed by atoms with Gasteiger partial charge in [0.1, 0.15) is 5.82 Å². The van der Waals surface area contributed by atoms with Crippen LogP contribution in [0.4, 0.5) is 10.1 Å². The zero-order chi connectivity index (χ0) is 23.3. The van der Waals surface area contributed by atoms with E-state index in [1.807, 2.05) is 6.92 Å². The molecule has 2 aromatic carbocycles. The summed E-state index contributed by atoms with van der Waals surface area (Å²) in [7, 11) is 2.69. The Kier molecular flexibility index (Phi) is 7.76. The summed E-state index contributed by atoms with van der Waals surface area (Å²) in [5, 5.41) is 0.703. The van der Waals surface area contributed by atoms with Gasteiger partial charge in [-0.25, -0.2) is 14.2 Å². The summed E-state index contributed by atoms with van der Waals surface area (Å²) in [4.78, 5) is 30.7. The van der Waals surface area contributed by atoms with Gasteiger partial charge in [0.25, 0.3) is 5.91 Å². The minimum absolute atomic E-state index is 0.195. The van der Waals surface area contributed by atoms with Crippen LogP contribution in [0.3, 0.4) is 0 Å². The minimum Gasteiger partial charge on any atom is -0.493 e. The lowest BCUT2D eigenvalue weighted by Gasteiger charge is -2.13. The summed E-state index contributed by atoms with van der Waals surface area (Å²) in [5.74, 6) is -0.631. The standard InChI is InChI=1S/C22H20ClFN2O5S/c1-4-26-21(28)18(32-22(26)25-15-7-5-14(24)6-8-15)11-13-9-16(23)20(17(10-13)29-2)31-12-19(27)30-3/h5-11H,4,12H2,1-3H3/b18-11+,25-22?. The van der Waals surface area contributed by atoms with Crippen molar-refractivity contribution in [2.75, 3.05) is 27.4 Å². The summed E-state index contributed by atoms with van der Waals surface area (Å²) < 4.78 is 28.4. The van der Waals surface area contributed by atoms with Gasteiger partial charge in [-0.05, 0) is 66.7 Å². The lowest BCUT2D eigenvalue weighted by Crippen LogP contribution is -2.28. The van der Waals surface area contributed by atoms with E-state index in [2.05, 4.69) is 9.73 Å². The Morgan fingerprint density at radius 1 is 1.25 bits per heavy atom. The van der Waals surface area contributed by atoms with Crippen molar-refractivity contribution in [1.82, 2.24) is 4.90 Å². The van der Waals surface area contributed by atoms with Crippen LogP contribution in [-0.2, 0) is 14.3 Å². The van der Waals surface area contributed by atoms with Crippen molar-refractivity contribution in [3.63, 3.8) is 0 Å². The average Bonchev–Trinajstić information content (AvgIpc) is 3.07. The van der Waals surface area contributed by atoms with Crippen molar-refractivity contribution < 1.29 is 28.2 Å². The Morgan fingerprint density at radius 3 is 2.59 bits per heavy atom. The molecule has 1 fully saturated rings. The highest BCUT2D eigenvalue weighted by atomic mass is 35.5. The SMILES string of the molecule is CCN1C(=O)/C(=C\c2cc(Cl)c(OCC(=O)OC)c(OC)c2)SC1=Nc1ccc(F)cc1. The van der Waals surface area contributed by atoms with Crippen molar-refractivity contribution >= 4 is 52.2 Å². The molecule has 1 heterocycles. The third kappa shape index (κ3) is 5.41. The molecule has 32 heavy (non-hydrogen) atoms. The minimum atomic E-state index is -0.560. The molecule has 0 unspecified atom stereocenters. The number of methoxy groups -OCH3 is 2. The summed E-state index contributed by atoms with van der Waals surface area (Å²) in [6, 6.07) is 8.95. The Hall–Kier alpha value is -3.04. The average molecular weight is 479 g/mol. The number of rotatable bonds is 7. The van der Waals surface area contributed by atoms with Gasteiger partial charge in [-0.2, -0.15) is 0 Å². The quantitative estimate of drug-likeness (QED) is 0.425. The smallest absolute Gasteiger partial charge is 0.343 e. The van der Waals surface area contributed by atoms with E-state index in [4.69, 9.17) is 21.1 Å². The zero-order valence-electron chi connectivity index (χ0n) is 17.6. The van der Waals surface area contributed by atoms with Crippen LogP contribution < -0.4 is 9.47 Å². The fourth-order valence-corrected chi connectivity index (χ4v) is 4.14. The van der Waals surface area contributed by atoms with E-state index in [1.54, 1.807) is 30.3 Å². The second-order valence-electron chi connectivity index (χ2n) is 6.43.